The molecule has 1 heterocycles. The first-order valence-electron chi connectivity index (χ1n) is 4.75. The van der Waals surface area contributed by atoms with Crippen LogP contribution in [-0.2, 0) is 16.0 Å². The maximum atomic E-state index is 11.3. The number of carbonyl (C=O) groups is 2. The van der Waals surface area contributed by atoms with Gasteiger partial charge in [-0.05, 0) is 12.0 Å². The molecule has 4 nitrogen and oxygen atoms in total. The van der Waals surface area contributed by atoms with E-state index < -0.39 is 23.8 Å². The lowest BCUT2D eigenvalue weighted by Crippen LogP contribution is -2.25. The standard InChI is InChI=1S/C11H11NO3/c13-9-8(10(14)12-11(9)15)6-7-4-2-1-3-5-7/h1-5,8-9,13H,6H2,(H,12,14,15)/t8?,9-/m0/s1. The summed E-state index contributed by atoms with van der Waals surface area (Å²) in [5.74, 6) is -1.64. The van der Waals surface area contributed by atoms with Gasteiger partial charge in [0.15, 0.2) is 0 Å². The molecule has 2 amide bonds. The van der Waals surface area contributed by atoms with Crippen LogP contribution in [0.2, 0.25) is 0 Å². The fraction of sp³-hybridized carbons (Fsp3) is 0.273. The van der Waals surface area contributed by atoms with Crippen LogP contribution in [0.4, 0.5) is 0 Å². The number of hydrogen-bond donors (Lipinski definition) is 2. The molecule has 0 spiro atoms. The molecular weight excluding hydrogens is 194 g/mol. The zero-order valence-corrected chi connectivity index (χ0v) is 8.01. The molecule has 1 aromatic rings. The Labute approximate surface area is 86.9 Å². The lowest BCUT2D eigenvalue weighted by atomic mass is 9.96. The predicted molar refractivity (Wildman–Crippen MR) is 52.8 cm³/mol. The summed E-state index contributed by atoms with van der Waals surface area (Å²) < 4.78 is 0. The van der Waals surface area contributed by atoms with Gasteiger partial charge in [0, 0.05) is 0 Å². The highest BCUT2D eigenvalue weighted by atomic mass is 16.3. The molecular formula is C11H11NO3. The van der Waals surface area contributed by atoms with E-state index in [0.717, 1.165) is 5.56 Å². The molecule has 0 aliphatic carbocycles. The highest BCUT2D eigenvalue weighted by Crippen LogP contribution is 2.17. The number of imide groups is 1. The predicted octanol–water partition coefficient (Wildman–Crippen LogP) is -0.137. The number of nitrogens with one attached hydrogen (secondary N) is 1. The molecule has 0 radical (unpaired) electrons. The number of rotatable bonds is 2. The summed E-state index contributed by atoms with van der Waals surface area (Å²) in [6, 6.07) is 9.32. The third-order valence-corrected chi connectivity index (χ3v) is 2.53. The molecule has 1 unspecified atom stereocenters. The van der Waals surface area contributed by atoms with Gasteiger partial charge in [-0.3, -0.25) is 14.9 Å². The van der Waals surface area contributed by atoms with Crippen molar-refractivity contribution in [2.45, 2.75) is 12.5 Å². The van der Waals surface area contributed by atoms with Gasteiger partial charge < -0.3 is 5.11 Å². The molecule has 1 fully saturated rings. The minimum atomic E-state index is -1.21. The van der Waals surface area contributed by atoms with E-state index in [1.165, 1.54) is 0 Å². The van der Waals surface area contributed by atoms with Crippen LogP contribution >= 0.6 is 0 Å². The monoisotopic (exact) mass is 205 g/mol. The molecule has 0 bridgehead atoms. The van der Waals surface area contributed by atoms with Gasteiger partial charge in [0.25, 0.3) is 5.91 Å². The molecule has 1 aliphatic rings. The van der Waals surface area contributed by atoms with Crippen molar-refractivity contribution in [1.29, 1.82) is 0 Å². The van der Waals surface area contributed by atoms with Crippen molar-refractivity contribution in [3.63, 3.8) is 0 Å². The molecule has 4 heteroatoms. The smallest absolute Gasteiger partial charge is 0.256 e. The van der Waals surface area contributed by atoms with E-state index in [1.54, 1.807) is 0 Å². The lowest BCUT2D eigenvalue weighted by molar-refractivity contribution is -0.127. The van der Waals surface area contributed by atoms with Gasteiger partial charge in [-0.25, -0.2) is 0 Å². The number of amides is 2. The van der Waals surface area contributed by atoms with Crippen molar-refractivity contribution in [1.82, 2.24) is 5.32 Å². The van der Waals surface area contributed by atoms with Crippen molar-refractivity contribution in [2.75, 3.05) is 0 Å². The summed E-state index contributed by atoms with van der Waals surface area (Å²) in [6.45, 7) is 0. The molecule has 15 heavy (non-hydrogen) atoms. The van der Waals surface area contributed by atoms with Gasteiger partial charge in [0.2, 0.25) is 5.91 Å². The third kappa shape index (κ3) is 1.89. The summed E-state index contributed by atoms with van der Waals surface area (Å²) in [6.07, 6.45) is -0.822. The van der Waals surface area contributed by atoms with E-state index in [-0.39, 0.29) is 0 Å². The van der Waals surface area contributed by atoms with Gasteiger partial charge in [-0.15, -0.1) is 0 Å². The highest BCUT2D eigenvalue weighted by Gasteiger charge is 2.39. The van der Waals surface area contributed by atoms with Crippen molar-refractivity contribution in [3.8, 4) is 0 Å². The summed E-state index contributed by atoms with van der Waals surface area (Å²) in [4.78, 5) is 22.3. The lowest BCUT2D eigenvalue weighted by Gasteiger charge is -2.09. The zero-order chi connectivity index (χ0) is 10.8. The first-order chi connectivity index (χ1) is 7.18. The van der Waals surface area contributed by atoms with Crippen molar-refractivity contribution >= 4 is 11.8 Å². The minimum absolute atomic E-state index is 0.388. The summed E-state index contributed by atoms with van der Waals surface area (Å²) in [5.41, 5.74) is 0.936. The summed E-state index contributed by atoms with van der Waals surface area (Å²) >= 11 is 0. The number of aliphatic hydroxyl groups is 1. The van der Waals surface area contributed by atoms with Gasteiger partial charge in [-0.1, -0.05) is 30.3 Å². The van der Waals surface area contributed by atoms with Gasteiger partial charge in [0.05, 0.1) is 5.92 Å². The Kier molecular flexibility index (Phi) is 2.51. The molecule has 1 saturated heterocycles. The maximum Gasteiger partial charge on any atom is 0.256 e. The quantitative estimate of drug-likeness (QED) is 0.660. The maximum absolute atomic E-state index is 11.3. The van der Waals surface area contributed by atoms with Crippen LogP contribution < -0.4 is 5.32 Å². The Balaban J connectivity index is 2.13. The number of carbonyl (C=O) groups excluding carboxylic acids is 2. The average molecular weight is 205 g/mol. The molecule has 0 saturated carbocycles. The minimum Gasteiger partial charge on any atom is -0.382 e. The normalized spacial score (nSPS) is 25.4. The average Bonchev–Trinajstić information content (AvgIpc) is 2.47. The SMILES string of the molecule is O=C1NC(=O)[C@@H](O)C1Cc1ccccc1. The molecule has 2 atom stereocenters. The number of benzene rings is 1. The van der Waals surface area contributed by atoms with Crippen LogP contribution in [0.15, 0.2) is 30.3 Å². The Bertz CT molecular complexity index is 388. The highest BCUT2D eigenvalue weighted by molar-refractivity contribution is 6.06. The Morgan fingerprint density at radius 1 is 1.13 bits per heavy atom. The Morgan fingerprint density at radius 3 is 2.33 bits per heavy atom. The van der Waals surface area contributed by atoms with Crippen molar-refractivity contribution in [3.05, 3.63) is 35.9 Å². The van der Waals surface area contributed by atoms with Crippen LogP contribution in [0, 0.1) is 5.92 Å². The molecule has 2 rings (SSSR count). The molecule has 0 aromatic heterocycles. The first kappa shape index (κ1) is 9.86. The molecule has 1 aliphatic heterocycles. The summed E-state index contributed by atoms with van der Waals surface area (Å²) in [5, 5.41) is 11.6. The fourth-order valence-corrected chi connectivity index (χ4v) is 1.69. The largest absolute Gasteiger partial charge is 0.382 e. The molecule has 1 aromatic carbocycles. The fourth-order valence-electron chi connectivity index (χ4n) is 1.69. The van der Waals surface area contributed by atoms with E-state index in [0.29, 0.717) is 6.42 Å². The van der Waals surface area contributed by atoms with Crippen LogP contribution in [0.1, 0.15) is 5.56 Å². The second-order valence-electron chi connectivity index (χ2n) is 3.59. The zero-order valence-electron chi connectivity index (χ0n) is 8.01. The number of hydrogen-bond acceptors (Lipinski definition) is 3. The van der Waals surface area contributed by atoms with Gasteiger partial charge in [0.1, 0.15) is 6.10 Å². The van der Waals surface area contributed by atoms with Crippen LogP contribution in [0.25, 0.3) is 0 Å². The van der Waals surface area contributed by atoms with Crippen LogP contribution in [-0.4, -0.2) is 23.0 Å². The summed E-state index contributed by atoms with van der Waals surface area (Å²) in [7, 11) is 0. The second kappa shape index (κ2) is 3.82. The molecule has 2 N–H and O–H groups in total. The Hall–Kier alpha value is -1.68. The van der Waals surface area contributed by atoms with Crippen LogP contribution in [0.5, 0.6) is 0 Å². The van der Waals surface area contributed by atoms with Crippen molar-refractivity contribution < 1.29 is 14.7 Å². The van der Waals surface area contributed by atoms with Gasteiger partial charge >= 0.3 is 0 Å². The van der Waals surface area contributed by atoms with E-state index in [9.17, 15) is 14.7 Å². The molecule has 78 valence electrons. The first-order valence-corrected chi connectivity index (χ1v) is 4.75. The van der Waals surface area contributed by atoms with E-state index in [1.807, 2.05) is 30.3 Å². The van der Waals surface area contributed by atoms with Gasteiger partial charge in [-0.2, -0.15) is 0 Å². The van der Waals surface area contributed by atoms with E-state index >= 15 is 0 Å². The van der Waals surface area contributed by atoms with Crippen LogP contribution in [0.3, 0.4) is 0 Å². The van der Waals surface area contributed by atoms with E-state index in [4.69, 9.17) is 0 Å². The van der Waals surface area contributed by atoms with Crippen molar-refractivity contribution in [2.24, 2.45) is 5.92 Å². The second-order valence-corrected chi connectivity index (χ2v) is 3.59. The van der Waals surface area contributed by atoms with E-state index in [2.05, 4.69) is 5.32 Å². The Morgan fingerprint density at radius 2 is 1.80 bits per heavy atom. The third-order valence-electron chi connectivity index (χ3n) is 2.53. The number of aliphatic hydroxyl groups excluding tert-OH is 1. The topological polar surface area (TPSA) is 66.4 Å².